The smallest absolute Gasteiger partial charge is 0.254 e. The first-order valence-corrected chi connectivity index (χ1v) is 5.99. The Morgan fingerprint density at radius 2 is 2.17 bits per heavy atom. The predicted molar refractivity (Wildman–Crippen MR) is 71.7 cm³/mol. The summed E-state index contributed by atoms with van der Waals surface area (Å²) in [5.74, 6) is 0.577. The number of aliphatic hydroxyl groups is 1. The Balaban J connectivity index is 2.64. The lowest BCUT2D eigenvalue weighted by molar-refractivity contribution is 0.0696. The summed E-state index contributed by atoms with van der Waals surface area (Å²) in [6.45, 7) is 4.12. The van der Waals surface area contributed by atoms with Gasteiger partial charge in [0.05, 0.1) is 11.2 Å². The van der Waals surface area contributed by atoms with Crippen LogP contribution in [0, 0.1) is 0 Å². The van der Waals surface area contributed by atoms with Crippen molar-refractivity contribution in [3.8, 4) is 0 Å². The van der Waals surface area contributed by atoms with Gasteiger partial charge in [-0.15, -0.1) is 0 Å². The van der Waals surface area contributed by atoms with Gasteiger partial charge in [0, 0.05) is 26.8 Å². The monoisotopic (exact) mass is 251 g/mol. The number of aromatic nitrogens is 1. The molecule has 0 aliphatic rings. The number of hydrogen-bond donors (Lipinski definition) is 2. The molecule has 0 fully saturated rings. The number of anilines is 1. The minimum absolute atomic E-state index is 0.0744. The number of carbonyl (C=O) groups excluding carboxylic acids is 1. The lowest BCUT2D eigenvalue weighted by Gasteiger charge is -2.21. The second kappa shape index (κ2) is 5.82. The Hall–Kier alpha value is -1.62. The van der Waals surface area contributed by atoms with Crippen molar-refractivity contribution in [3.05, 3.63) is 23.9 Å². The summed E-state index contributed by atoms with van der Waals surface area (Å²) < 4.78 is 0. The van der Waals surface area contributed by atoms with Crippen molar-refractivity contribution in [3.63, 3.8) is 0 Å². The molecular weight excluding hydrogens is 230 g/mol. The molecule has 0 saturated carbocycles. The van der Waals surface area contributed by atoms with Gasteiger partial charge in [-0.25, -0.2) is 4.98 Å². The quantitative estimate of drug-likeness (QED) is 0.829. The van der Waals surface area contributed by atoms with Gasteiger partial charge in [-0.2, -0.15) is 0 Å². The van der Waals surface area contributed by atoms with E-state index in [-0.39, 0.29) is 5.91 Å². The minimum atomic E-state index is -0.750. The zero-order valence-electron chi connectivity index (χ0n) is 11.4. The topological polar surface area (TPSA) is 65.5 Å². The first-order valence-electron chi connectivity index (χ1n) is 5.99. The first-order chi connectivity index (χ1) is 8.35. The van der Waals surface area contributed by atoms with Gasteiger partial charge in [0.1, 0.15) is 5.82 Å². The number of amides is 1. The van der Waals surface area contributed by atoms with Gasteiger partial charge in [0.25, 0.3) is 5.91 Å². The predicted octanol–water partition coefficient (Wildman–Crippen LogP) is 1.36. The third-order valence-electron chi connectivity index (χ3n) is 2.83. The second-order valence-corrected chi connectivity index (χ2v) is 4.84. The van der Waals surface area contributed by atoms with E-state index in [1.807, 2.05) is 6.92 Å². The molecule has 2 N–H and O–H groups in total. The van der Waals surface area contributed by atoms with Gasteiger partial charge in [0.2, 0.25) is 0 Å². The fourth-order valence-electron chi connectivity index (χ4n) is 1.29. The molecule has 5 nitrogen and oxygen atoms in total. The average Bonchev–Trinajstić information content (AvgIpc) is 2.36. The Morgan fingerprint density at radius 3 is 2.61 bits per heavy atom. The van der Waals surface area contributed by atoms with Crippen molar-refractivity contribution < 1.29 is 9.90 Å². The van der Waals surface area contributed by atoms with Crippen LogP contribution in [0.15, 0.2) is 18.3 Å². The Labute approximate surface area is 108 Å². The molecule has 1 atom stereocenters. The minimum Gasteiger partial charge on any atom is -0.388 e. The van der Waals surface area contributed by atoms with E-state index in [9.17, 15) is 9.90 Å². The SMILES string of the molecule is CCC(C)(O)CNc1ccc(C(=O)N(C)C)cn1. The number of nitrogens with one attached hydrogen (secondary N) is 1. The molecule has 0 bridgehead atoms. The van der Waals surface area contributed by atoms with Crippen LogP contribution in [0.25, 0.3) is 0 Å². The highest BCUT2D eigenvalue weighted by Gasteiger charge is 2.17. The van der Waals surface area contributed by atoms with Crippen LogP contribution < -0.4 is 5.32 Å². The summed E-state index contributed by atoms with van der Waals surface area (Å²) >= 11 is 0. The van der Waals surface area contributed by atoms with Crippen LogP contribution in [0.2, 0.25) is 0 Å². The molecule has 1 aromatic rings. The summed E-state index contributed by atoms with van der Waals surface area (Å²) in [4.78, 5) is 17.3. The van der Waals surface area contributed by atoms with Crippen LogP contribution in [0.4, 0.5) is 5.82 Å². The largest absolute Gasteiger partial charge is 0.388 e. The van der Waals surface area contributed by atoms with E-state index in [2.05, 4.69) is 10.3 Å². The van der Waals surface area contributed by atoms with E-state index in [1.54, 1.807) is 33.2 Å². The molecule has 0 saturated heterocycles. The van der Waals surface area contributed by atoms with E-state index >= 15 is 0 Å². The number of hydrogen-bond acceptors (Lipinski definition) is 4. The molecule has 0 aromatic carbocycles. The third-order valence-corrected chi connectivity index (χ3v) is 2.83. The van der Waals surface area contributed by atoms with E-state index in [4.69, 9.17) is 0 Å². The molecular formula is C13H21N3O2. The Bertz CT molecular complexity index is 399. The number of rotatable bonds is 5. The van der Waals surface area contributed by atoms with Gasteiger partial charge < -0.3 is 15.3 Å². The van der Waals surface area contributed by atoms with Crippen LogP contribution in [-0.4, -0.2) is 47.1 Å². The molecule has 0 spiro atoms. The molecule has 0 aliphatic heterocycles. The van der Waals surface area contributed by atoms with Crippen molar-refractivity contribution in [2.75, 3.05) is 26.0 Å². The molecule has 0 radical (unpaired) electrons. The standard InChI is InChI=1S/C13H21N3O2/c1-5-13(2,18)9-15-11-7-6-10(8-14-11)12(17)16(3)4/h6-8,18H,5,9H2,1-4H3,(H,14,15). The zero-order valence-corrected chi connectivity index (χ0v) is 11.4. The molecule has 1 aromatic heterocycles. The van der Waals surface area contributed by atoms with Gasteiger partial charge in [-0.3, -0.25) is 4.79 Å². The Kier molecular flexibility index (Phi) is 4.67. The highest BCUT2D eigenvalue weighted by molar-refractivity contribution is 5.93. The molecule has 100 valence electrons. The van der Waals surface area contributed by atoms with Crippen molar-refractivity contribution in [2.24, 2.45) is 0 Å². The van der Waals surface area contributed by atoms with E-state index < -0.39 is 5.60 Å². The fraction of sp³-hybridized carbons (Fsp3) is 0.538. The average molecular weight is 251 g/mol. The molecule has 5 heteroatoms. The maximum atomic E-state index is 11.6. The highest BCUT2D eigenvalue weighted by Crippen LogP contribution is 2.11. The van der Waals surface area contributed by atoms with Gasteiger partial charge in [-0.1, -0.05) is 6.92 Å². The summed E-state index contributed by atoms with van der Waals surface area (Å²) in [7, 11) is 3.40. The number of carbonyl (C=O) groups is 1. The van der Waals surface area contributed by atoms with Crippen LogP contribution in [0.3, 0.4) is 0 Å². The van der Waals surface area contributed by atoms with E-state index in [0.29, 0.717) is 24.3 Å². The molecule has 18 heavy (non-hydrogen) atoms. The summed E-state index contributed by atoms with van der Waals surface area (Å²) in [6, 6.07) is 3.46. The summed E-state index contributed by atoms with van der Waals surface area (Å²) in [6.07, 6.45) is 2.20. The zero-order chi connectivity index (χ0) is 13.8. The Morgan fingerprint density at radius 1 is 1.50 bits per heavy atom. The van der Waals surface area contributed by atoms with Crippen molar-refractivity contribution in [1.82, 2.24) is 9.88 Å². The first kappa shape index (κ1) is 14.4. The van der Waals surface area contributed by atoms with Crippen LogP contribution in [0.1, 0.15) is 30.6 Å². The number of nitrogens with zero attached hydrogens (tertiary/aromatic N) is 2. The normalized spacial score (nSPS) is 13.8. The van der Waals surface area contributed by atoms with E-state index in [0.717, 1.165) is 0 Å². The molecule has 0 aliphatic carbocycles. The third kappa shape index (κ3) is 4.00. The van der Waals surface area contributed by atoms with E-state index in [1.165, 1.54) is 11.1 Å². The van der Waals surface area contributed by atoms with Crippen LogP contribution in [0.5, 0.6) is 0 Å². The van der Waals surface area contributed by atoms with Crippen molar-refractivity contribution in [2.45, 2.75) is 25.9 Å². The molecule has 1 rings (SSSR count). The van der Waals surface area contributed by atoms with Crippen molar-refractivity contribution >= 4 is 11.7 Å². The lowest BCUT2D eigenvalue weighted by atomic mass is 10.0. The molecule has 1 unspecified atom stereocenters. The van der Waals surface area contributed by atoms with Crippen LogP contribution in [-0.2, 0) is 0 Å². The van der Waals surface area contributed by atoms with Gasteiger partial charge in [0.15, 0.2) is 0 Å². The van der Waals surface area contributed by atoms with Gasteiger partial charge in [-0.05, 0) is 25.5 Å². The maximum absolute atomic E-state index is 11.6. The fourth-order valence-corrected chi connectivity index (χ4v) is 1.29. The lowest BCUT2D eigenvalue weighted by Crippen LogP contribution is -2.32. The molecule has 1 heterocycles. The second-order valence-electron chi connectivity index (χ2n) is 4.84. The number of pyridine rings is 1. The summed E-state index contributed by atoms with van der Waals surface area (Å²) in [5.41, 5.74) is -0.201. The van der Waals surface area contributed by atoms with Crippen LogP contribution >= 0.6 is 0 Å². The molecule has 1 amide bonds. The highest BCUT2D eigenvalue weighted by atomic mass is 16.3. The maximum Gasteiger partial charge on any atom is 0.254 e. The van der Waals surface area contributed by atoms with Gasteiger partial charge >= 0.3 is 0 Å². The van der Waals surface area contributed by atoms with Crippen molar-refractivity contribution in [1.29, 1.82) is 0 Å². The summed E-state index contributed by atoms with van der Waals surface area (Å²) in [5, 5.41) is 12.9.